The molecule has 0 saturated heterocycles. The summed E-state index contributed by atoms with van der Waals surface area (Å²) in [5, 5.41) is 9.81. The van der Waals surface area contributed by atoms with E-state index < -0.39 is 0 Å². The zero-order chi connectivity index (χ0) is 24.4. The Labute approximate surface area is 201 Å². The van der Waals surface area contributed by atoms with Crippen molar-refractivity contribution in [3.05, 3.63) is 136 Å². The van der Waals surface area contributed by atoms with Crippen molar-refractivity contribution in [1.82, 2.24) is 0 Å². The summed E-state index contributed by atoms with van der Waals surface area (Å²) < 4.78 is 0. The highest BCUT2D eigenvalue weighted by Gasteiger charge is 2.32. The van der Waals surface area contributed by atoms with E-state index in [-0.39, 0.29) is 39.8 Å². The maximum atomic E-state index is 13.1. The first-order chi connectivity index (χ1) is 17.0. The molecule has 0 heterocycles. The van der Waals surface area contributed by atoms with Gasteiger partial charge < -0.3 is 5.11 Å². The number of benzene rings is 4. The van der Waals surface area contributed by atoms with Gasteiger partial charge in [-0.2, -0.15) is 0 Å². The maximum absolute atomic E-state index is 13.1. The minimum Gasteiger partial charge on any atom is -0.506 e. The van der Waals surface area contributed by atoms with Gasteiger partial charge in [-0.05, 0) is 29.3 Å². The SMILES string of the molecule is O=C(/C=C/c1ccc(C=Nc2ccccc2O)cc1)c1cccc2c1C(=O)c1ccccc1C2=O. The largest absolute Gasteiger partial charge is 0.506 e. The molecule has 35 heavy (non-hydrogen) atoms. The molecule has 0 aliphatic heterocycles. The lowest BCUT2D eigenvalue weighted by Gasteiger charge is -2.19. The number of carbonyl (C=O) groups is 3. The predicted molar refractivity (Wildman–Crippen MR) is 135 cm³/mol. The van der Waals surface area contributed by atoms with Crippen LogP contribution in [0.1, 0.15) is 53.3 Å². The number of carbonyl (C=O) groups excluding carboxylic acids is 3. The number of hydrogen-bond acceptors (Lipinski definition) is 5. The van der Waals surface area contributed by atoms with Crippen molar-refractivity contribution in [2.75, 3.05) is 0 Å². The fourth-order valence-electron chi connectivity index (χ4n) is 4.02. The quantitative estimate of drug-likeness (QED) is 0.205. The van der Waals surface area contributed by atoms with Gasteiger partial charge in [0.15, 0.2) is 17.3 Å². The number of phenols is 1. The van der Waals surface area contributed by atoms with E-state index in [9.17, 15) is 19.5 Å². The van der Waals surface area contributed by atoms with Gasteiger partial charge in [-0.25, -0.2) is 0 Å². The van der Waals surface area contributed by atoms with Crippen molar-refractivity contribution >= 4 is 35.3 Å². The lowest BCUT2D eigenvalue weighted by atomic mass is 9.81. The molecule has 0 fully saturated rings. The van der Waals surface area contributed by atoms with Crippen molar-refractivity contribution in [3.8, 4) is 5.75 Å². The standard InChI is InChI=1S/C30H19NO4/c32-26(17-16-19-12-14-20(15-13-19)18-31-25-10-3-4-11-27(25)33)23-8-5-9-24-28(23)30(35)22-7-2-1-6-21(22)29(24)34/h1-18,33H/b17-16+,31-18?. The fourth-order valence-corrected chi connectivity index (χ4v) is 4.02. The van der Waals surface area contributed by atoms with Crippen LogP contribution < -0.4 is 0 Å². The minimum absolute atomic E-state index is 0.105. The Bertz CT molecular complexity index is 1550. The van der Waals surface area contributed by atoms with Crippen LogP contribution >= 0.6 is 0 Å². The number of aliphatic imine (C=N–C) groups is 1. The van der Waals surface area contributed by atoms with E-state index in [0.29, 0.717) is 16.8 Å². The van der Waals surface area contributed by atoms with Crippen molar-refractivity contribution in [2.24, 2.45) is 4.99 Å². The second-order valence-electron chi connectivity index (χ2n) is 8.04. The number of allylic oxidation sites excluding steroid dienone is 1. The lowest BCUT2D eigenvalue weighted by molar-refractivity contribution is 0.0972. The summed E-state index contributed by atoms with van der Waals surface area (Å²) in [5.41, 5.74) is 3.38. The van der Waals surface area contributed by atoms with Crippen LogP contribution in [0, 0.1) is 0 Å². The van der Waals surface area contributed by atoms with E-state index in [1.54, 1.807) is 79.0 Å². The van der Waals surface area contributed by atoms with Crippen LogP contribution in [-0.4, -0.2) is 28.7 Å². The molecule has 0 radical (unpaired) electrons. The number of phenolic OH excluding ortho intramolecular Hbond substituents is 1. The van der Waals surface area contributed by atoms with Gasteiger partial charge in [0.05, 0.1) is 0 Å². The summed E-state index contributed by atoms with van der Waals surface area (Å²) >= 11 is 0. The topological polar surface area (TPSA) is 83.8 Å². The first kappa shape index (κ1) is 21.9. The number of aromatic hydroxyl groups is 1. The molecule has 0 amide bonds. The average Bonchev–Trinajstić information content (AvgIpc) is 2.90. The van der Waals surface area contributed by atoms with E-state index in [4.69, 9.17) is 0 Å². The summed E-state index contributed by atoms with van der Waals surface area (Å²) in [7, 11) is 0. The van der Waals surface area contributed by atoms with Gasteiger partial charge in [0.1, 0.15) is 11.4 Å². The van der Waals surface area contributed by atoms with E-state index >= 15 is 0 Å². The molecule has 5 rings (SSSR count). The van der Waals surface area contributed by atoms with E-state index in [1.165, 1.54) is 6.08 Å². The minimum atomic E-state index is -0.354. The zero-order valence-electron chi connectivity index (χ0n) is 18.5. The molecular formula is C30H19NO4. The Morgan fingerprint density at radius 1 is 0.686 bits per heavy atom. The van der Waals surface area contributed by atoms with E-state index in [2.05, 4.69) is 4.99 Å². The number of para-hydroxylation sites is 2. The Balaban J connectivity index is 1.37. The Morgan fingerprint density at radius 3 is 2.06 bits per heavy atom. The van der Waals surface area contributed by atoms with E-state index in [0.717, 1.165) is 11.1 Å². The zero-order valence-corrected chi connectivity index (χ0v) is 18.5. The Hall–Kier alpha value is -4.90. The second-order valence-corrected chi connectivity index (χ2v) is 8.04. The third-order valence-corrected chi connectivity index (χ3v) is 5.82. The van der Waals surface area contributed by atoms with Crippen LogP contribution in [0.25, 0.3) is 6.08 Å². The smallest absolute Gasteiger partial charge is 0.195 e. The average molecular weight is 457 g/mol. The lowest BCUT2D eigenvalue weighted by Crippen LogP contribution is -2.23. The van der Waals surface area contributed by atoms with Gasteiger partial charge in [0.25, 0.3) is 0 Å². The van der Waals surface area contributed by atoms with Gasteiger partial charge in [0, 0.05) is 34.0 Å². The number of hydrogen-bond donors (Lipinski definition) is 1. The molecule has 0 aromatic heterocycles. The van der Waals surface area contributed by atoms with Gasteiger partial charge >= 0.3 is 0 Å². The van der Waals surface area contributed by atoms with Gasteiger partial charge in [-0.15, -0.1) is 0 Å². The van der Waals surface area contributed by atoms with Gasteiger partial charge in [-0.3, -0.25) is 19.4 Å². The highest BCUT2D eigenvalue weighted by molar-refractivity contribution is 6.31. The maximum Gasteiger partial charge on any atom is 0.195 e. The molecule has 168 valence electrons. The molecule has 0 atom stereocenters. The Kier molecular flexibility index (Phi) is 5.73. The molecule has 1 N–H and O–H groups in total. The van der Waals surface area contributed by atoms with Gasteiger partial charge in [-0.1, -0.05) is 84.9 Å². The van der Waals surface area contributed by atoms with Crippen molar-refractivity contribution in [2.45, 2.75) is 0 Å². The summed E-state index contributed by atoms with van der Waals surface area (Å²) in [4.78, 5) is 43.3. The van der Waals surface area contributed by atoms with Gasteiger partial charge in [0.2, 0.25) is 0 Å². The van der Waals surface area contributed by atoms with Crippen LogP contribution in [0.2, 0.25) is 0 Å². The Morgan fingerprint density at radius 2 is 1.31 bits per heavy atom. The van der Waals surface area contributed by atoms with Crippen LogP contribution in [0.3, 0.4) is 0 Å². The molecule has 4 aromatic carbocycles. The van der Waals surface area contributed by atoms with Crippen molar-refractivity contribution in [3.63, 3.8) is 0 Å². The molecule has 5 heteroatoms. The van der Waals surface area contributed by atoms with Crippen LogP contribution in [0.4, 0.5) is 5.69 Å². The van der Waals surface area contributed by atoms with E-state index in [1.807, 2.05) is 24.3 Å². The molecule has 0 bridgehead atoms. The molecule has 1 aliphatic carbocycles. The molecule has 0 saturated carbocycles. The molecular weight excluding hydrogens is 438 g/mol. The molecule has 0 spiro atoms. The summed E-state index contributed by atoms with van der Waals surface area (Å²) in [6, 6.07) is 25.6. The fraction of sp³-hybridized carbons (Fsp3) is 0. The number of ketones is 3. The van der Waals surface area contributed by atoms with Crippen LogP contribution in [0.15, 0.2) is 102 Å². The first-order valence-corrected chi connectivity index (χ1v) is 11.0. The number of fused-ring (bicyclic) bond motifs is 2. The first-order valence-electron chi connectivity index (χ1n) is 11.0. The highest BCUT2D eigenvalue weighted by Crippen LogP contribution is 2.30. The summed E-state index contributed by atoms with van der Waals surface area (Å²) in [6.07, 6.45) is 4.71. The number of nitrogens with zero attached hydrogens (tertiary/aromatic N) is 1. The monoisotopic (exact) mass is 457 g/mol. The highest BCUT2D eigenvalue weighted by atomic mass is 16.3. The van der Waals surface area contributed by atoms with Crippen LogP contribution in [0.5, 0.6) is 5.75 Å². The van der Waals surface area contributed by atoms with Crippen molar-refractivity contribution < 1.29 is 19.5 Å². The van der Waals surface area contributed by atoms with Crippen LogP contribution in [-0.2, 0) is 0 Å². The summed E-state index contributed by atoms with van der Waals surface area (Å²) in [5.74, 6) is -0.822. The molecule has 0 unspecified atom stereocenters. The second kappa shape index (κ2) is 9.15. The molecule has 4 aromatic rings. The summed E-state index contributed by atoms with van der Waals surface area (Å²) in [6.45, 7) is 0. The normalized spacial score (nSPS) is 12.7. The third-order valence-electron chi connectivity index (χ3n) is 5.82. The van der Waals surface area contributed by atoms with Crippen molar-refractivity contribution in [1.29, 1.82) is 0 Å². The molecule has 5 nitrogen and oxygen atoms in total. The number of rotatable bonds is 5. The third kappa shape index (κ3) is 4.23. The predicted octanol–water partition coefficient (Wildman–Crippen LogP) is 5.81. The molecule has 1 aliphatic rings.